The quantitative estimate of drug-likeness (QED) is 0.283. The molecule has 1 N–H and O–H groups in total. The second-order valence-corrected chi connectivity index (χ2v) is 11.3. The van der Waals surface area contributed by atoms with E-state index >= 15 is 0 Å². The van der Waals surface area contributed by atoms with E-state index in [2.05, 4.69) is 21.0 Å². The average molecular weight is 534 g/mol. The summed E-state index contributed by atoms with van der Waals surface area (Å²) in [6.45, 7) is 3.88. The zero-order valence-corrected chi connectivity index (χ0v) is 21.6. The maximum Gasteiger partial charge on any atom is 0.240 e. The fourth-order valence-corrected chi connectivity index (χ4v) is 5.70. The van der Waals surface area contributed by atoms with Crippen molar-refractivity contribution >= 4 is 45.0 Å². The van der Waals surface area contributed by atoms with Gasteiger partial charge in [-0.25, -0.2) is 13.1 Å². The maximum absolute atomic E-state index is 12.8. The summed E-state index contributed by atoms with van der Waals surface area (Å²) in [5, 5.41) is 10.1. The zero-order chi connectivity index (χ0) is 24.3. The summed E-state index contributed by atoms with van der Waals surface area (Å²) in [5.41, 5.74) is 3.91. The van der Waals surface area contributed by atoms with Gasteiger partial charge in [0.15, 0.2) is 11.0 Å². The lowest BCUT2D eigenvalue weighted by Crippen LogP contribution is -2.25. The standard InChI is InChI=1S/C24H22Cl2N4O2S2/c1-16-6-9-20(10-7-16)34(31,32)27-14-23-28-29-24(33-15-18-5-3-4-17(2)12-18)30(23)22-11-8-19(25)13-21(22)26/h3-13,27H,14-15H2,1-2H3. The molecule has 0 fully saturated rings. The van der Waals surface area contributed by atoms with Gasteiger partial charge in [0.2, 0.25) is 10.0 Å². The number of aromatic nitrogens is 3. The van der Waals surface area contributed by atoms with Crippen LogP contribution in [0.2, 0.25) is 10.0 Å². The SMILES string of the molecule is Cc1ccc(S(=O)(=O)NCc2nnc(SCc3cccc(C)c3)n2-c2ccc(Cl)cc2Cl)cc1. The zero-order valence-electron chi connectivity index (χ0n) is 18.5. The van der Waals surface area contributed by atoms with Crippen molar-refractivity contribution in [2.45, 2.75) is 36.2 Å². The number of halogens is 2. The van der Waals surface area contributed by atoms with Gasteiger partial charge in [0.05, 0.1) is 22.2 Å². The van der Waals surface area contributed by atoms with Crippen molar-refractivity contribution in [1.82, 2.24) is 19.5 Å². The lowest BCUT2D eigenvalue weighted by Gasteiger charge is -2.13. The van der Waals surface area contributed by atoms with E-state index in [9.17, 15) is 8.42 Å². The fourth-order valence-electron chi connectivity index (χ4n) is 3.32. The van der Waals surface area contributed by atoms with E-state index in [0.29, 0.717) is 32.5 Å². The van der Waals surface area contributed by atoms with Crippen LogP contribution >= 0.6 is 35.0 Å². The highest BCUT2D eigenvalue weighted by Crippen LogP contribution is 2.31. The Morgan fingerprint density at radius 3 is 2.41 bits per heavy atom. The Bertz CT molecular complexity index is 1420. The van der Waals surface area contributed by atoms with Gasteiger partial charge in [-0.3, -0.25) is 4.57 Å². The molecule has 0 aliphatic rings. The third kappa shape index (κ3) is 5.82. The lowest BCUT2D eigenvalue weighted by molar-refractivity contribution is 0.578. The molecular weight excluding hydrogens is 511 g/mol. The molecule has 0 saturated carbocycles. The second-order valence-electron chi connectivity index (χ2n) is 7.75. The van der Waals surface area contributed by atoms with Crippen LogP contribution in [0.25, 0.3) is 5.69 Å². The van der Waals surface area contributed by atoms with Crippen LogP contribution in [0.15, 0.2) is 76.8 Å². The molecule has 0 unspecified atom stereocenters. The monoisotopic (exact) mass is 532 g/mol. The Morgan fingerprint density at radius 1 is 0.941 bits per heavy atom. The van der Waals surface area contributed by atoms with Gasteiger partial charge < -0.3 is 0 Å². The number of aryl methyl sites for hydroxylation is 2. The van der Waals surface area contributed by atoms with Gasteiger partial charge in [0.25, 0.3) is 0 Å². The molecule has 4 rings (SSSR count). The smallest absolute Gasteiger partial charge is 0.240 e. The summed E-state index contributed by atoms with van der Waals surface area (Å²) >= 11 is 14.1. The number of hydrogen-bond acceptors (Lipinski definition) is 5. The normalized spacial score (nSPS) is 11.6. The largest absolute Gasteiger partial charge is 0.271 e. The minimum absolute atomic E-state index is 0.0623. The molecule has 1 heterocycles. The van der Waals surface area contributed by atoms with Crippen molar-refractivity contribution in [1.29, 1.82) is 0 Å². The van der Waals surface area contributed by atoms with Crippen LogP contribution in [0.1, 0.15) is 22.5 Å². The molecule has 10 heteroatoms. The molecule has 1 aromatic heterocycles. The second kappa shape index (κ2) is 10.5. The number of nitrogens with zero attached hydrogens (tertiary/aromatic N) is 3. The highest BCUT2D eigenvalue weighted by Gasteiger charge is 2.20. The van der Waals surface area contributed by atoms with Crippen molar-refractivity contribution in [3.05, 3.63) is 99.3 Å². The van der Waals surface area contributed by atoms with E-state index in [1.807, 2.05) is 32.0 Å². The minimum Gasteiger partial charge on any atom is -0.271 e. The molecule has 0 amide bonds. The van der Waals surface area contributed by atoms with Crippen LogP contribution in [0.5, 0.6) is 0 Å². The molecule has 0 spiro atoms. The fraction of sp³-hybridized carbons (Fsp3) is 0.167. The summed E-state index contributed by atoms with van der Waals surface area (Å²) in [6, 6.07) is 20.0. The summed E-state index contributed by atoms with van der Waals surface area (Å²) < 4.78 is 30.0. The predicted molar refractivity (Wildman–Crippen MR) is 137 cm³/mol. The van der Waals surface area contributed by atoms with Gasteiger partial charge in [0, 0.05) is 10.8 Å². The van der Waals surface area contributed by atoms with Crippen LogP contribution < -0.4 is 4.72 Å². The predicted octanol–water partition coefficient (Wildman–Crippen LogP) is 5.96. The van der Waals surface area contributed by atoms with E-state index in [0.717, 1.165) is 11.1 Å². The van der Waals surface area contributed by atoms with E-state index in [1.165, 1.54) is 17.3 Å². The van der Waals surface area contributed by atoms with E-state index in [1.54, 1.807) is 47.0 Å². The topological polar surface area (TPSA) is 76.9 Å². The first-order chi connectivity index (χ1) is 16.2. The number of benzene rings is 3. The van der Waals surface area contributed by atoms with Crippen LogP contribution in [0.4, 0.5) is 0 Å². The third-order valence-electron chi connectivity index (χ3n) is 5.05. The van der Waals surface area contributed by atoms with Crippen molar-refractivity contribution in [2.75, 3.05) is 0 Å². The number of hydrogen-bond donors (Lipinski definition) is 1. The first kappa shape index (κ1) is 24.8. The molecule has 0 atom stereocenters. The molecule has 0 bridgehead atoms. The molecule has 6 nitrogen and oxygen atoms in total. The number of thioether (sulfide) groups is 1. The Hall–Kier alpha value is -2.36. The van der Waals surface area contributed by atoms with Crippen molar-refractivity contribution < 1.29 is 8.42 Å². The molecule has 34 heavy (non-hydrogen) atoms. The molecular formula is C24H22Cl2N4O2S2. The summed E-state index contributed by atoms with van der Waals surface area (Å²) in [4.78, 5) is 0.183. The summed E-state index contributed by atoms with van der Waals surface area (Å²) in [6.07, 6.45) is 0. The van der Waals surface area contributed by atoms with E-state index in [4.69, 9.17) is 23.2 Å². The first-order valence-electron chi connectivity index (χ1n) is 10.4. The van der Waals surface area contributed by atoms with Gasteiger partial charge in [-0.15, -0.1) is 10.2 Å². The Labute approximate surface area is 213 Å². The Balaban J connectivity index is 1.64. The number of rotatable bonds is 8. The molecule has 176 valence electrons. The van der Waals surface area contributed by atoms with Crippen molar-refractivity contribution in [3.8, 4) is 5.69 Å². The maximum atomic E-state index is 12.8. The Morgan fingerprint density at radius 2 is 1.71 bits per heavy atom. The highest BCUT2D eigenvalue weighted by atomic mass is 35.5. The van der Waals surface area contributed by atoms with Gasteiger partial charge in [-0.05, 0) is 49.7 Å². The summed E-state index contributed by atoms with van der Waals surface area (Å²) in [7, 11) is -3.73. The first-order valence-corrected chi connectivity index (χ1v) is 13.6. The molecule has 0 aliphatic heterocycles. The highest BCUT2D eigenvalue weighted by molar-refractivity contribution is 7.98. The van der Waals surface area contributed by atoms with E-state index in [-0.39, 0.29) is 11.4 Å². The van der Waals surface area contributed by atoms with E-state index < -0.39 is 10.0 Å². The van der Waals surface area contributed by atoms with Crippen LogP contribution in [0.3, 0.4) is 0 Å². The molecule has 4 aromatic rings. The molecule has 0 radical (unpaired) electrons. The van der Waals surface area contributed by atoms with Crippen molar-refractivity contribution in [2.24, 2.45) is 0 Å². The lowest BCUT2D eigenvalue weighted by atomic mass is 10.2. The third-order valence-corrected chi connectivity index (χ3v) is 8.01. The summed E-state index contributed by atoms with van der Waals surface area (Å²) in [5.74, 6) is 1.08. The van der Waals surface area contributed by atoms with Crippen LogP contribution in [-0.4, -0.2) is 23.2 Å². The van der Waals surface area contributed by atoms with Crippen LogP contribution in [-0.2, 0) is 22.3 Å². The molecule has 3 aromatic carbocycles. The van der Waals surface area contributed by atoms with Crippen molar-refractivity contribution in [3.63, 3.8) is 0 Å². The van der Waals surface area contributed by atoms with Gasteiger partial charge in [-0.1, -0.05) is 82.5 Å². The number of nitrogens with one attached hydrogen (secondary N) is 1. The van der Waals surface area contributed by atoms with Gasteiger partial charge in [-0.2, -0.15) is 0 Å². The molecule has 0 saturated heterocycles. The Kier molecular flexibility index (Phi) is 7.64. The van der Waals surface area contributed by atoms with Crippen LogP contribution in [0, 0.1) is 13.8 Å². The average Bonchev–Trinajstić information content (AvgIpc) is 3.19. The number of sulfonamides is 1. The van der Waals surface area contributed by atoms with Gasteiger partial charge >= 0.3 is 0 Å². The minimum atomic E-state index is -3.73. The molecule has 0 aliphatic carbocycles. The van der Waals surface area contributed by atoms with Gasteiger partial charge in [0.1, 0.15) is 0 Å².